The lowest BCUT2D eigenvalue weighted by atomic mass is 10.1. The third-order valence-corrected chi connectivity index (χ3v) is 2.15. The minimum absolute atomic E-state index is 0.681. The van der Waals surface area contributed by atoms with E-state index in [1.165, 1.54) is 13.0 Å². The molecule has 1 N–H and O–H groups in total. The molecule has 0 amide bonds. The third kappa shape index (κ3) is 1.43. The summed E-state index contributed by atoms with van der Waals surface area (Å²) in [5.41, 5.74) is 0. The van der Waals surface area contributed by atoms with Gasteiger partial charge >= 0.3 is 0 Å². The minimum atomic E-state index is 0.681. The van der Waals surface area contributed by atoms with Crippen LogP contribution in [0, 0.1) is 0 Å². The van der Waals surface area contributed by atoms with E-state index in [4.69, 9.17) is 0 Å². The lowest BCUT2D eigenvalue weighted by molar-refractivity contribution is 0.277. The van der Waals surface area contributed by atoms with E-state index in [9.17, 15) is 0 Å². The molecule has 0 aromatic heterocycles. The summed E-state index contributed by atoms with van der Waals surface area (Å²) in [6, 6.07) is 1.44. The molecule has 9 heavy (non-hydrogen) atoms. The Labute approximate surface area is 57.2 Å². The summed E-state index contributed by atoms with van der Waals surface area (Å²) < 4.78 is 0. The third-order valence-electron chi connectivity index (χ3n) is 2.15. The fraction of sp³-hybridized carbons (Fsp3) is 1.00. The van der Waals surface area contributed by atoms with Crippen LogP contribution in [-0.4, -0.2) is 37.6 Å². The molecule has 2 heteroatoms. The van der Waals surface area contributed by atoms with E-state index >= 15 is 0 Å². The van der Waals surface area contributed by atoms with Crippen LogP contribution >= 0.6 is 0 Å². The molecule has 2 atom stereocenters. The van der Waals surface area contributed by atoms with Crippen LogP contribution in [0.4, 0.5) is 0 Å². The molecule has 1 aliphatic heterocycles. The summed E-state index contributed by atoms with van der Waals surface area (Å²) in [6.45, 7) is 3.43. The van der Waals surface area contributed by atoms with Crippen LogP contribution < -0.4 is 5.32 Å². The molecular weight excluding hydrogens is 112 g/mol. The van der Waals surface area contributed by atoms with Crippen LogP contribution in [0.2, 0.25) is 0 Å². The van der Waals surface area contributed by atoms with E-state index in [1.807, 2.05) is 0 Å². The van der Waals surface area contributed by atoms with Crippen molar-refractivity contribution in [3.05, 3.63) is 0 Å². The van der Waals surface area contributed by atoms with Crippen LogP contribution in [-0.2, 0) is 0 Å². The predicted octanol–water partition coefficient (Wildman–Crippen LogP) is 0.298. The first-order chi connectivity index (χ1) is 4.22. The molecule has 0 unspecified atom stereocenters. The second kappa shape index (κ2) is 2.67. The highest BCUT2D eigenvalue weighted by Crippen LogP contribution is 2.10. The van der Waals surface area contributed by atoms with Crippen LogP contribution in [0.3, 0.4) is 0 Å². The number of nitrogens with zero attached hydrogens (tertiary/aromatic N) is 1. The second-order valence-corrected chi connectivity index (χ2v) is 3.06. The van der Waals surface area contributed by atoms with Crippen LogP contribution in [0.25, 0.3) is 0 Å². The lowest BCUT2D eigenvalue weighted by Crippen LogP contribution is -2.37. The van der Waals surface area contributed by atoms with Gasteiger partial charge in [-0.15, -0.1) is 0 Å². The van der Waals surface area contributed by atoms with Gasteiger partial charge < -0.3 is 10.2 Å². The molecule has 2 nitrogen and oxygen atoms in total. The summed E-state index contributed by atoms with van der Waals surface area (Å²) in [6.07, 6.45) is 1.30. The van der Waals surface area contributed by atoms with Crippen LogP contribution in [0.15, 0.2) is 0 Å². The number of hydrogen-bond acceptors (Lipinski definition) is 2. The first-order valence-electron chi connectivity index (χ1n) is 3.61. The molecule has 0 aromatic carbocycles. The predicted molar refractivity (Wildman–Crippen MR) is 39.6 cm³/mol. The van der Waals surface area contributed by atoms with Crippen molar-refractivity contribution >= 4 is 0 Å². The SMILES string of the molecule is C[C@@H]1NCC[C@@H]1N(C)C. The largest absolute Gasteiger partial charge is 0.313 e. The van der Waals surface area contributed by atoms with Gasteiger partial charge in [-0.25, -0.2) is 0 Å². The Bertz CT molecular complexity index is 90.9. The van der Waals surface area contributed by atoms with Crippen molar-refractivity contribution < 1.29 is 0 Å². The smallest absolute Gasteiger partial charge is 0.0252 e. The van der Waals surface area contributed by atoms with Gasteiger partial charge in [0.1, 0.15) is 0 Å². The second-order valence-electron chi connectivity index (χ2n) is 3.06. The van der Waals surface area contributed by atoms with E-state index in [0.29, 0.717) is 6.04 Å². The molecule has 1 heterocycles. The zero-order chi connectivity index (χ0) is 6.85. The van der Waals surface area contributed by atoms with Gasteiger partial charge in [-0.1, -0.05) is 0 Å². The summed E-state index contributed by atoms with van der Waals surface area (Å²) in [7, 11) is 4.29. The van der Waals surface area contributed by atoms with E-state index < -0.39 is 0 Å². The monoisotopic (exact) mass is 128 g/mol. The van der Waals surface area contributed by atoms with Crippen molar-refractivity contribution in [2.45, 2.75) is 25.4 Å². The first kappa shape index (κ1) is 7.03. The molecule has 0 radical (unpaired) electrons. The highest BCUT2D eigenvalue weighted by molar-refractivity contribution is 4.85. The zero-order valence-corrected chi connectivity index (χ0v) is 6.52. The molecule has 1 saturated heterocycles. The maximum absolute atomic E-state index is 3.41. The Morgan fingerprint density at radius 2 is 2.11 bits per heavy atom. The number of nitrogens with one attached hydrogen (secondary N) is 1. The maximum Gasteiger partial charge on any atom is 0.0252 e. The maximum atomic E-state index is 3.41. The van der Waals surface area contributed by atoms with Crippen molar-refractivity contribution in [1.29, 1.82) is 0 Å². The first-order valence-corrected chi connectivity index (χ1v) is 3.61. The Balaban J connectivity index is 2.40. The Kier molecular flexibility index (Phi) is 2.09. The molecule has 0 spiro atoms. The van der Waals surface area contributed by atoms with E-state index in [1.54, 1.807) is 0 Å². The summed E-state index contributed by atoms with van der Waals surface area (Å²) in [4.78, 5) is 2.30. The van der Waals surface area contributed by atoms with Crippen LogP contribution in [0.5, 0.6) is 0 Å². The molecule has 0 aromatic rings. The van der Waals surface area contributed by atoms with E-state index in [2.05, 4.69) is 31.2 Å². The van der Waals surface area contributed by atoms with E-state index in [-0.39, 0.29) is 0 Å². The van der Waals surface area contributed by atoms with Gasteiger partial charge in [-0.3, -0.25) is 0 Å². The average Bonchev–Trinajstić information content (AvgIpc) is 2.13. The molecule has 0 saturated carbocycles. The van der Waals surface area contributed by atoms with Crippen molar-refractivity contribution in [1.82, 2.24) is 10.2 Å². The summed E-state index contributed by atoms with van der Waals surface area (Å²) in [5, 5.41) is 3.41. The highest BCUT2D eigenvalue weighted by Gasteiger charge is 2.23. The summed E-state index contributed by atoms with van der Waals surface area (Å²) in [5.74, 6) is 0. The van der Waals surface area contributed by atoms with Crippen molar-refractivity contribution in [3.8, 4) is 0 Å². The molecule has 0 bridgehead atoms. The Morgan fingerprint density at radius 1 is 1.44 bits per heavy atom. The molecular formula is C7H16N2. The molecule has 54 valence electrons. The highest BCUT2D eigenvalue weighted by atomic mass is 15.2. The van der Waals surface area contributed by atoms with Gasteiger partial charge in [-0.05, 0) is 34.0 Å². The quantitative estimate of drug-likeness (QED) is 0.546. The Hall–Kier alpha value is -0.0800. The summed E-state index contributed by atoms with van der Waals surface area (Å²) >= 11 is 0. The van der Waals surface area contributed by atoms with Gasteiger partial charge in [0.15, 0.2) is 0 Å². The van der Waals surface area contributed by atoms with Gasteiger partial charge in [0.2, 0.25) is 0 Å². The fourth-order valence-electron chi connectivity index (χ4n) is 1.55. The minimum Gasteiger partial charge on any atom is -0.313 e. The average molecular weight is 128 g/mol. The van der Waals surface area contributed by atoms with Gasteiger partial charge in [0.25, 0.3) is 0 Å². The molecule has 1 fully saturated rings. The zero-order valence-electron chi connectivity index (χ0n) is 6.52. The van der Waals surface area contributed by atoms with Crippen molar-refractivity contribution in [2.75, 3.05) is 20.6 Å². The normalized spacial score (nSPS) is 36.0. The molecule has 1 rings (SSSR count). The molecule has 1 aliphatic rings. The standard InChI is InChI=1S/C7H16N2/c1-6-7(9(2)3)4-5-8-6/h6-8H,4-5H2,1-3H3/t6-,7-/m0/s1. The fourth-order valence-corrected chi connectivity index (χ4v) is 1.55. The van der Waals surface area contributed by atoms with Gasteiger partial charge in [0, 0.05) is 12.1 Å². The van der Waals surface area contributed by atoms with Gasteiger partial charge in [-0.2, -0.15) is 0 Å². The van der Waals surface area contributed by atoms with E-state index in [0.717, 1.165) is 6.04 Å². The topological polar surface area (TPSA) is 15.3 Å². The van der Waals surface area contributed by atoms with Crippen LogP contribution in [0.1, 0.15) is 13.3 Å². The molecule has 0 aliphatic carbocycles. The number of rotatable bonds is 1. The van der Waals surface area contributed by atoms with Crippen molar-refractivity contribution in [3.63, 3.8) is 0 Å². The van der Waals surface area contributed by atoms with Gasteiger partial charge in [0.05, 0.1) is 0 Å². The Morgan fingerprint density at radius 3 is 2.33 bits per heavy atom. The number of hydrogen-bond donors (Lipinski definition) is 1. The number of likely N-dealkylation sites (N-methyl/N-ethyl adjacent to an activating group) is 1. The lowest BCUT2D eigenvalue weighted by Gasteiger charge is -2.22. The van der Waals surface area contributed by atoms with Crippen molar-refractivity contribution in [2.24, 2.45) is 0 Å².